The van der Waals surface area contributed by atoms with Crippen molar-refractivity contribution >= 4 is 17.6 Å². The SMILES string of the molecule is CC(NC(=O)NC(=O)c1ccc(N)cc1)Oc1ccccc1C(C)C. The second-order valence-electron chi connectivity index (χ2n) is 6.00. The van der Waals surface area contributed by atoms with Crippen molar-refractivity contribution in [3.63, 3.8) is 0 Å². The highest BCUT2D eigenvalue weighted by atomic mass is 16.5. The van der Waals surface area contributed by atoms with Gasteiger partial charge < -0.3 is 15.8 Å². The molecule has 25 heavy (non-hydrogen) atoms. The van der Waals surface area contributed by atoms with Crippen LogP contribution in [0.25, 0.3) is 0 Å². The molecule has 0 fully saturated rings. The summed E-state index contributed by atoms with van der Waals surface area (Å²) in [4.78, 5) is 24.0. The van der Waals surface area contributed by atoms with Gasteiger partial charge in [0.25, 0.3) is 5.91 Å². The Morgan fingerprint density at radius 2 is 1.64 bits per heavy atom. The van der Waals surface area contributed by atoms with E-state index < -0.39 is 18.2 Å². The number of ether oxygens (including phenoxy) is 1. The lowest BCUT2D eigenvalue weighted by Gasteiger charge is -2.19. The fraction of sp³-hybridized carbons (Fsp3) is 0.263. The molecule has 0 bridgehead atoms. The molecule has 0 aliphatic carbocycles. The highest BCUT2D eigenvalue weighted by Gasteiger charge is 2.15. The molecular formula is C19H23N3O3. The van der Waals surface area contributed by atoms with Crippen molar-refractivity contribution in [2.24, 2.45) is 0 Å². The first-order valence-corrected chi connectivity index (χ1v) is 8.09. The lowest BCUT2D eigenvalue weighted by atomic mass is 10.0. The van der Waals surface area contributed by atoms with Crippen LogP contribution in [0, 0.1) is 0 Å². The molecule has 0 radical (unpaired) electrons. The van der Waals surface area contributed by atoms with Crippen LogP contribution in [-0.2, 0) is 0 Å². The Hall–Kier alpha value is -3.02. The normalized spacial score (nSPS) is 11.7. The van der Waals surface area contributed by atoms with Gasteiger partial charge in [-0.05, 0) is 48.7 Å². The minimum absolute atomic E-state index is 0.296. The van der Waals surface area contributed by atoms with E-state index in [1.165, 1.54) is 0 Å². The zero-order chi connectivity index (χ0) is 18.4. The van der Waals surface area contributed by atoms with Crippen molar-refractivity contribution in [2.75, 3.05) is 5.73 Å². The predicted molar refractivity (Wildman–Crippen MR) is 97.5 cm³/mol. The first-order valence-electron chi connectivity index (χ1n) is 8.09. The van der Waals surface area contributed by atoms with Crippen molar-refractivity contribution in [3.8, 4) is 5.75 Å². The number of hydrogen-bond acceptors (Lipinski definition) is 4. The highest BCUT2D eigenvalue weighted by Crippen LogP contribution is 2.26. The van der Waals surface area contributed by atoms with Gasteiger partial charge in [0.05, 0.1) is 0 Å². The number of hydrogen-bond donors (Lipinski definition) is 3. The van der Waals surface area contributed by atoms with Crippen LogP contribution >= 0.6 is 0 Å². The Labute approximate surface area is 147 Å². The third-order valence-corrected chi connectivity index (χ3v) is 3.58. The summed E-state index contributed by atoms with van der Waals surface area (Å²) in [6, 6.07) is 13.3. The molecule has 6 heteroatoms. The van der Waals surface area contributed by atoms with Gasteiger partial charge in [0.1, 0.15) is 5.75 Å². The zero-order valence-electron chi connectivity index (χ0n) is 14.6. The van der Waals surface area contributed by atoms with E-state index in [-0.39, 0.29) is 0 Å². The van der Waals surface area contributed by atoms with Gasteiger partial charge in [0, 0.05) is 11.3 Å². The monoisotopic (exact) mass is 341 g/mol. The van der Waals surface area contributed by atoms with Crippen LogP contribution in [0.2, 0.25) is 0 Å². The minimum atomic E-state index is -0.628. The fourth-order valence-electron chi connectivity index (χ4n) is 2.32. The maximum atomic E-state index is 12.0. The van der Waals surface area contributed by atoms with Gasteiger partial charge in [-0.2, -0.15) is 0 Å². The van der Waals surface area contributed by atoms with Crippen LogP contribution in [-0.4, -0.2) is 18.2 Å². The number of benzene rings is 2. The third kappa shape index (κ3) is 5.24. The number of para-hydroxylation sites is 1. The first-order chi connectivity index (χ1) is 11.9. The quantitative estimate of drug-likeness (QED) is 0.575. The number of anilines is 1. The van der Waals surface area contributed by atoms with Crippen molar-refractivity contribution in [1.29, 1.82) is 0 Å². The van der Waals surface area contributed by atoms with E-state index >= 15 is 0 Å². The van der Waals surface area contributed by atoms with E-state index in [4.69, 9.17) is 10.5 Å². The van der Waals surface area contributed by atoms with Crippen molar-refractivity contribution in [2.45, 2.75) is 32.9 Å². The Morgan fingerprint density at radius 3 is 2.28 bits per heavy atom. The van der Waals surface area contributed by atoms with Gasteiger partial charge in [-0.25, -0.2) is 4.79 Å². The molecule has 4 N–H and O–H groups in total. The van der Waals surface area contributed by atoms with Crippen LogP contribution in [0.3, 0.4) is 0 Å². The van der Waals surface area contributed by atoms with Crippen LogP contribution in [0.1, 0.15) is 42.6 Å². The number of nitrogens with one attached hydrogen (secondary N) is 2. The van der Waals surface area contributed by atoms with E-state index in [9.17, 15) is 9.59 Å². The van der Waals surface area contributed by atoms with Crippen molar-refractivity contribution < 1.29 is 14.3 Å². The summed E-state index contributed by atoms with van der Waals surface area (Å²) in [6.07, 6.45) is -0.598. The van der Waals surface area contributed by atoms with Gasteiger partial charge in [0.15, 0.2) is 6.23 Å². The van der Waals surface area contributed by atoms with Gasteiger partial charge in [0.2, 0.25) is 0 Å². The maximum Gasteiger partial charge on any atom is 0.324 e. The number of rotatable bonds is 5. The first kappa shape index (κ1) is 18.3. The molecular weight excluding hydrogens is 318 g/mol. The molecule has 6 nitrogen and oxygen atoms in total. The van der Waals surface area contributed by atoms with Gasteiger partial charge in [-0.1, -0.05) is 32.0 Å². The molecule has 3 amide bonds. The van der Waals surface area contributed by atoms with Gasteiger partial charge in [-0.15, -0.1) is 0 Å². The standard InChI is InChI=1S/C19H23N3O3/c1-12(2)16-6-4-5-7-17(16)25-13(3)21-19(24)22-18(23)14-8-10-15(20)11-9-14/h4-13H,20H2,1-3H3,(H2,21,22,23,24). The molecule has 0 aromatic heterocycles. The summed E-state index contributed by atoms with van der Waals surface area (Å²) >= 11 is 0. The van der Waals surface area contributed by atoms with Crippen LogP contribution in [0.15, 0.2) is 48.5 Å². The second-order valence-corrected chi connectivity index (χ2v) is 6.00. The molecule has 132 valence electrons. The van der Waals surface area contributed by atoms with Gasteiger partial charge in [-0.3, -0.25) is 10.1 Å². The molecule has 0 aliphatic rings. The van der Waals surface area contributed by atoms with Crippen molar-refractivity contribution in [3.05, 3.63) is 59.7 Å². The average Bonchev–Trinajstić information content (AvgIpc) is 2.55. The molecule has 0 saturated heterocycles. The summed E-state index contributed by atoms with van der Waals surface area (Å²) in [7, 11) is 0. The van der Waals surface area contributed by atoms with E-state index in [1.54, 1.807) is 31.2 Å². The molecule has 2 aromatic rings. The Morgan fingerprint density at radius 1 is 1.00 bits per heavy atom. The topological polar surface area (TPSA) is 93.5 Å². The number of urea groups is 1. The Bertz CT molecular complexity index is 742. The average molecular weight is 341 g/mol. The number of imide groups is 1. The smallest absolute Gasteiger partial charge is 0.324 e. The summed E-state index contributed by atoms with van der Waals surface area (Å²) in [6.45, 7) is 5.83. The maximum absolute atomic E-state index is 12.0. The molecule has 2 rings (SSSR count). The Balaban J connectivity index is 1.92. The molecule has 2 aromatic carbocycles. The highest BCUT2D eigenvalue weighted by molar-refractivity contribution is 6.04. The van der Waals surface area contributed by atoms with Crippen molar-refractivity contribution in [1.82, 2.24) is 10.6 Å². The Kier molecular flexibility index (Phi) is 6.00. The third-order valence-electron chi connectivity index (χ3n) is 3.58. The van der Waals surface area contributed by atoms with E-state index in [1.807, 2.05) is 24.3 Å². The summed E-state index contributed by atoms with van der Waals surface area (Å²) in [5.74, 6) is 0.492. The predicted octanol–water partition coefficient (Wildman–Crippen LogP) is 3.26. The minimum Gasteiger partial charge on any atom is -0.471 e. The molecule has 0 saturated carbocycles. The van der Waals surface area contributed by atoms with Crippen LogP contribution < -0.4 is 21.1 Å². The number of amides is 3. The molecule has 1 unspecified atom stereocenters. The summed E-state index contributed by atoms with van der Waals surface area (Å²) in [5, 5.41) is 4.85. The molecule has 1 atom stereocenters. The number of carbonyl (C=O) groups is 2. The number of nitrogen functional groups attached to an aromatic ring is 1. The molecule has 0 heterocycles. The fourth-order valence-corrected chi connectivity index (χ4v) is 2.32. The number of carbonyl (C=O) groups excluding carboxylic acids is 2. The molecule has 0 spiro atoms. The van der Waals surface area contributed by atoms with Crippen LogP contribution in [0.5, 0.6) is 5.75 Å². The van der Waals surface area contributed by atoms with Crippen LogP contribution in [0.4, 0.5) is 10.5 Å². The number of nitrogens with two attached hydrogens (primary N) is 1. The van der Waals surface area contributed by atoms with E-state index in [0.29, 0.717) is 22.9 Å². The summed E-state index contributed by atoms with van der Waals surface area (Å²) in [5.41, 5.74) is 7.52. The van der Waals surface area contributed by atoms with E-state index in [2.05, 4.69) is 24.5 Å². The lowest BCUT2D eigenvalue weighted by Crippen LogP contribution is -2.45. The van der Waals surface area contributed by atoms with E-state index in [0.717, 1.165) is 5.56 Å². The largest absolute Gasteiger partial charge is 0.471 e. The summed E-state index contributed by atoms with van der Waals surface area (Å²) < 4.78 is 5.78. The molecule has 0 aliphatic heterocycles. The second kappa shape index (κ2) is 8.19. The lowest BCUT2D eigenvalue weighted by molar-refractivity contribution is 0.0958. The zero-order valence-corrected chi connectivity index (χ0v) is 14.6. The van der Waals surface area contributed by atoms with Gasteiger partial charge >= 0.3 is 6.03 Å².